The Morgan fingerprint density at radius 1 is 1.17 bits per heavy atom. The van der Waals surface area contributed by atoms with Crippen molar-refractivity contribution in [2.24, 2.45) is 0 Å². The monoisotopic (exact) mass is 483 g/mol. The molecule has 1 unspecified atom stereocenters. The van der Waals surface area contributed by atoms with Gasteiger partial charge in [0.15, 0.2) is 5.82 Å². The predicted octanol–water partition coefficient (Wildman–Crippen LogP) is 4.29. The van der Waals surface area contributed by atoms with Crippen molar-refractivity contribution < 1.29 is 14.6 Å². The van der Waals surface area contributed by atoms with Gasteiger partial charge in [-0.2, -0.15) is 0 Å². The molecule has 1 aromatic carbocycles. The fourth-order valence-corrected chi connectivity index (χ4v) is 4.49. The third-order valence-corrected chi connectivity index (χ3v) is 6.20. The molecule has 1 fully saturated rings. The summed E-state index contributed by atoms with van der Waals surface area (Å²) in [4.78, 5) is 18.4. The number of carbonyl (C=O) groups excluding carboxylic acids is 1. The van der Waals surface area contributed by atoms with Crippen molar-refractivity contribution in [3.8, 4) is 11.6 Å². The van der Waals surface area contributed by atoms with Crippen LogP contribution in [0.5, 0.6) is 11.6 Å². The average molecular weight is 484 g/mol. The molecule has 4 rings (SSSR count). The number of ether oxygens (including phenoxy) is 1. The second-order valence-corrected chi connectivity index (χ2v) is 8.28. The predicted molar refractivity (Wildman–Crippen MR) is 141 cm³/mol. The van der Waals surface area contributed by atoms with Crippen LogP contribution in [0.1, 0.15) is 56.9 Å². The summed E-state index contributed by atoms with van der Waals surface area (Å²) in [5, 5.41) is 18.8. The molecule has 0 radical (unpaired) electrons. The van der Waals surface area contributed by atoms with E-state index in [9.17, 15) is 9.90 Å². The average Bonchev–Trinajstić information content (AvgIpc) is 3.31. The molecule has 1 amide bonds. The first-order valence-electron chi connectivity index (χ1n) is 12.5. The van der Waals surface area contributed by atoms with Crippen LogP contribution in [0.4, 0.5) is 5.82 Å². The van der Waals surface area contributed by atoms with Gasteiger partial charge in [-0.3, -0.25) is 9.69 Å². The van der Waals surface area contributed by atoms with Crippen molar-refractivity contribution >= 4 is 11.7 Å². The van der Waals surface area contributed by atoms with E-state index in [1.165, 1.54) is 6.08 Å². The quantitative estimate of drug-likeness (QED) is 0.635. The lowest BCUT2D eigenvalue weighted by molar-refractivity contribution is -0.126. The zero-order chi connectivity index (χ0) is 26.1. The minimum atomic E-state index is -0.0368. The van der Waals surface area contributed by atoms with Crippen molar-refractivity contribution in [2.75, 3.05) is 31.6 Å². The van der Waals surface area contributed by atoms with Crippen LogP contribution in [0.3, 0.4) is 0 Å². The number of fused-ring (bicyclic) bond motifs is 1. The molecule has 0 bridgehead atoms. The van der Waals surface area contributed by atoms with E-state index in [-0.39, 0.29) is 17.7 Å². The minimum Gasteiger partial charge on any atom is -0.508 e. The Hall–Kier alpha value is -3.13. The number of rotatable bonds is 5. The zero-order valence-corrected chi connectivity index (χ0v) is 22.3. The molecule has 1 atom stereocenters. The van der Waals surface area contributed by atoms with Gasteiger partial charge in [-0.15, -0.1) is 10.2 Å². The van der Waals surface area contributed by atoms with E-state index in [0.717, 1.165) is 34.6 Å². The number of piperazine rings is 1. The number of methoxy groups -OCH3 is 1. The van der Waals surface area contributed by atoms with E-state index in [0.29, 0.717) is 38.6 Å². The maximum atomic E-state index is 12.0. The zero-order valence-electron chi connectivity index (χ0n) is 22.3. The summed E-state index contributed by atoms with van der Waals surface area (Å²) in [6.07, 6.45) is 1.37. The maximum Gasteiger partial charge on any atom is 0.246 e. The van der Waals surface area contributed by atoms with Crippen LogP contribution in [0.25, 0.3) is 0 Å². The topological polar surface area (TPSA) is 82.0 Å². The Morgan fingerprint density at radius 3 is 2.49 bits per heavy atom. The molecule has 0 spiro atoms. The highest BCUT2D eigenvalue weighted by atomic mass is 16.5. The van der Waals surface area contributed by atoms with Crippen LogP contribution in [0.15, 0.2) is 30.9 Å². The fourth-order valence-electron chi connectivity index (χ4n) is 4.49. The van der Waals surface area contributed by atoms with Crippen LogP contribution >= 0.6 is 0 Å². The molecule has 1 N–H and O–H groups in total. The summed E-state index contributed by atoms with van der Waals surface area (Å²) in [7, 11) is 1.62. The molecule has 35 heavy (non-hydrogen) atoms. The summed E-state index contributed by atoms with van der Waals surface area (Å²) in [5.41, 5.74) is 4.43. The van der Waals surface area contributed by atoms with Gasteiger partial charge in [0, 0.05) is 56.4 Å². The summed E-state index contributed by atoms with van der Waals surface area (Å²) in [6.45, 7) is 19.9. The van der Waals surface area contributed by atoms with E-state index in [1.54, 1.807) is 13.2 Å². The highest BCUT2D eigenvalue weighted by molar-refractivity contribution is 5.87. The second-order valence-electron chi connectivity index (χ2n) is 8.28. The smallest absolute Gasteiger partial charge is 0.246 e. The number of nitrogens with zero attached hydrogens (tertiary/aromatic N) is 5. The van der Waals surface area contributed by atoms with Crippen molar-refractivity contribution in [1.82, 2.24) is 20.0 Å². The summed E-state index contributed by atoms with van der Waals surface area (Å²) >= 11 is 0. The summed E-state index contributed by atoms with van der Waals surface area (Å²) < 4.78 is 5.51. The lowest BCUT2D eigenvalue weighted by Crippen LogP contribution is -2.54. The molecule has 2 aliphatic rings. The fraction of sp³-hybridized carbons (Fsp3) is 0.519. The number of aryl methyl sites for hydroxylation is 1. The van der Waals surface area contributed by atoms with Gasteiger partial charge in [0.1, 0.15) is 5.75 Å². The maximum absolute atomic E-state index is 12.0. The number of benzene rings is 1. The van der Waals surface area contributed by atoms with Crippen LogP contribution < -0.4 is 9.64 Å². The van der Waals surface area contributed by atoms with Crippen LogP contribution in [0.2, 0.25) is 0 Å². The van der Waals surface area contributed by atoms with Gasteiger partial charge in [-0.05, 0) is 43.2 Å². The first kappa shape index (κ1) is 28.1. The van der Waals surface area contributed by atoms with Crippen molar-refractivity contribution in [2.45, 2.75) is 67.2 Å². The number of hydrogen-bond donors (Lipinski definition) is 1. The largest absolute Gasteiger partial charge is 0.508 e. The molecular weight excluding hydrogens is 442 g/mol. The van der Waals surface area contributed by atoms with E-state index in [1.807, 2.05) is 44.7 Å². The number of phenols is 1. The van der Waals surface area contributed by atoms with E-state index in [4.69, 9.17) is 4.74 Å². The number of aromatic nitrogens is 2. The Balaban J connectivity index is 0.00000103. The highest BCUT2D eigenvalue weighted by Gasteiger charge is 2.33. The number of hydrogen-bond acceptors (Lipinski definition) is 7. The van der Waals surface area contributed by atoms with Crippen molar-refractivity contribution in [3.63, 3.8) is 0 Å². The van der Waals surface area contributed by atoms with Crippen molar-refractivity contribution in [3.05, 3.63) is 53.1 Å². The van der Waals surface area contributed by atoms with E-state index < -0.39 is 0 Å². The molecular formula is C27H41N5O3. The van der Waals surface area contributed by atoms with E-state index in [2.05, 4.69) is 40.4 Å². The summed E-state index contributed by atoms with van der Waals surface area (Å²) in [6, 6.07) is 5.59. The van der Waals surface area contributed by atoms with Crippen LogP contribution in [0, 0.1) is 6.92 Å². The Bertz CT molecular complexity index is 1010. The molecule has 2 aliphatic heterocycles. The Morgan fingerprint density at radius 2 is 1.86 bits per heavy atom. The van der Waals surface area contributed by atoms with Gasteiger partial charge in [0.2, 0.25) is 11.8 Å². The number of phenolic OH excluding ortho intramolecular Hbond substituents is 1. The van der Waals surface area contributed by atoms with Crippen LogP contribution in [-0.4, -0.2) is 63.8 Å². The van der Waals surface area contributed by atoms with Crippen molar-refractivity contribution in [1.29, 1.82) is 0 Å². The standard InChI is InChI=1S/C23H29N5O3.2C2H6/c1-5-21(30)27-8-9-28(16(3)11-27)22-19-13-26(14-20(19)23(31-4)25-24-22)12-17-10-18(29)7-6-15(17)2;2*1-2/h5-7,10,16,29H,1,8-9,11-14H2,2-4H3;2*1-2H3. The van der Waals surface area contributed by atoms with Crippen LogP contribution in [-0.2, 0) is 24.4 Å². The molecule has 8 nitrogen and oxygen atoms in total. The van der Waals surface area contributed by atoms with Gasteiger partial charge in [0.25, 0.3) is 0 Å². The molecule has 192 valence electrons. The normalized spacial score (nSPS) is 16.9. The lowest BCUT2D eigenvalue weighted by atomic mass is 10.1. The van der Waals surface area contributed by atoms with Gasteiger partial charge in [0.05, 0.1) is 7.11 Å². The first-order valence-corrected chi connectivity index (χ1v) is 12.5. The highest BCUT2D eigenvalue weighted by Crippen LogP contribution is 2.36. The number of amides is 1. The molecule has 1 aromatic heterocycles. The molecule has 1 saturated heterocycles. The van der Waals surface area contributed by atoms with Gasteiger partial charge in [-0.1, -0.05) is 40.3 Å². The third-order valence-electron chi connectivity index (χ3n) is 6.20. The Kier molecular flexibility index (Phi) is 10.5. The minimum absolute atomic E-state index is 0.0368. The second kappa shape index (κ2) is 13.1. The number of carbonyl (C=O) groups is 1. The molecule has 0 saturated carbocycles. The molecule has 0 aliphatic carbocycles. The Labute approximate surface area is 210 Å². The van der Waals surface area contributed by atoms with Gasteiger partial charge >= 0.3 is 0 Å². The van der Waals surface area contributed by atoms with E-state index >= 15 is 0 Å². The molecule has 2 aromatic rings. The number of anilines is 1. The lowest BCUT2D eigenvalue weighted by Gasteiger charge is -2.40. The molecule has 3 heterocycles. The SMILES string of the molecule is C=CC(=O)N1CCN(c2nnc(OC)c3c2CN(Cc2cc(O)ccc2C)C3)C(C)C1.CC.CC. The number of aromatic hydroxyl groups is 1. The molecule has 8 heteroatoms. The summed E-state index contributed by atoms with van der Waals surface area (Å²) in [5.74, 6) is 1.66. The van der Waals surface area contributed by atoms with Gasteiger partial charge < -0.3 is 19.6 Å². The first-order chi connectivity index (χ1) is 16.9. The third kappa shape index (κ3) is 6.31. The van der Waals surface area contributed by atoms with Gasteiger partial charge in [-0.25, -0.2) is 0 Å².